The fourth-order valence-electron chi connectivity index (χ4n) is 2.26. The van der Waals surface area contributed by atoms with E-state index in [0.29, 0.717) is 16.6 Å². The molecular weight excluding hydrogens is 272 g/mol. The Balaban J connectivity index is 2.21. The number of nitrogens with two attached hydrogens (primary N) is 1. The molecule has 2 N–H and O–H groups in total. The van der Waals surface area contributed by atoms with Gasteiger partial charge in [-0.2, -0.15) is 0 Å². The van der Waals surface area contributed by atoms with Crippen LogP contribution in [0, 0.1) is 6.92 Å². The Labute approximate surface area is 122 Å². The summed E-state index contributed by atoms with van der Waals surface area (Å²) in [6.45, 7) is 1.99. The maximum Gasteiger partial charge on any atom is 0.230 e. The Morgan fingerprint density at radius 1 is 1.05 bits per heavy atom. The molecule has 0 atom stereocenters. The molecule has 0 aliphatic rings. The quantitative estimate of drug-likeness (QED) is 0.751. The normalized spacial score (nSPS) is 10.7. The molecule has 0 aliphatic heterocycles. The lowest BCUT2D eigenvalue weighted by Crippen LogP contribution is -1.88. The average molecular weight is 285 g/mol. The first-order chi connectivity index (χ1) is 9.65. The van der Waals surface area contributed by atoms with Crippen molar-refractivity contribution in [3.8, 4) is 22.4 Å². The number of nitrogens with zero attached hydrogens (tertiary/aromatic N) is 1. The molecule has 1 aromatic heterocycles. The van der Waals surface area contributed by atoms with Gasteiger partial charge in [-0.3, -0.25) is 0 Å². The maximum absolute atomic E-state index is 6.12. The minimum Gasteiger partial charge on any atom is -0.367 e. The van der Waals surface area contributed by atoms with E-state index in [4.69, 9.17) is 21.9 Å². The van der Waals surface area contributed by atoms with Crippen molar-refractivity contribution in [3.63, 3.8) is 0 Å². The third-order valence-corrected chi connectivity index (χ3v) is 3.31. The lowest BCUT2D eigenvalue weighted by molar-refractivity contribution is 0.439. The topological polar surface area (TPSA) is 52.0 Å². The average Bonchev–Trinajstić information content (AvgIpc) is 2.80. The van der Waals surface area contributed by atoms with Gasteiger partial charge in [0, 0.05) is 10.6 Å². The van der Waals surface area contributed by atoms with Crippen molar-refractivity contribution in [1.29, 1.82) is 0 Å². The van der Waals surface area contributed by atoms with Gasteiger partial charge in [-0.15, -0.1) is 0 Å². The summed E-state index contributed by atoms with van der Waals surface area (Å²) in [5, 5.41) is 4.75. The summed E-state index contributed by atoms with van der Waals surface area (Å²) in [4.78, 5) is 0. The Morgan fingerprint density at radius 3 is 2.50 bits per heavy atom. The molecule has 0 unspecified atom stereocenters. The molecule has 20 heavy (non-hydrogen) atoms. The van der Waals surface area contributed by atoms with Crippen molar-refractivity contribution in [2.75, 3.05) is 5.73 Å². The van der Waals surface area contributed by atoms with Gasteiger partial charge in [0.25, 0.3) is 0 Å². The molecule has 1 heterocycles. The van der Waals surface area contributed by atoms with Gasteiger partial charge in [-0.05, 0) is 36.2 Å². The summed E-state index contributed by atoms with van der Waals surface area (Å²) in [5.41, 5.74) is 10.4. The lowest BCUT2D eigenvalue weighted by atomic mass is 10.00. The molecule has 0 radical (unpaired) electrons. The Morgan fingerprint density at radius 2 is 1.80 bits per heavy atom. The largest absolute Gasteiger partial charge is 0.367 e. The fraction of sp³-hybridized carbons (Fsp3) is 0.0625. The highest BCUT2D eigenvalue weighted by molar-refractivity contribution is 6.31. The van der Waals surface area contributed by atoms with Crippen LogP contribution in [0.15, 0.2) is 53.1 Å². The van der Waals surface area contributed by atoms with E-state index in [9.17, 15) is 0 Å². The van der Waals surface area contributed by atoms with Crippen LogP contribution in [0.1, 0.15) is 5.56 Å². The number of hydrogen-bond donors (Lipinski definition) is 1. The fourth-order valence-corrected chi connectivity index (χ4v) is 2.55. The molecular formula is C16H13ClN2O. The monoisotopic (exact) mass is 284 g/mol. The Bertz CT molecular complexity index is 730. The third-order valence-electron chi connectivity index (χ3n) is 3.10. The van der Waals surface area contributed by atoms with E-state index >= 15 is 0 Å². The Kier molecular flexibility index (Phi) is 3.20. The van der Waals surface area contributed by atoms with Gasteiger partial charge in [0.05, 0.1) is 5.56 Å². The molecule has 0 fully saturated rings. The number of aromatic nitrogens is 1. The number of nitrogen functional groups attached to an aromatic ring is 1. The van der Waals surface area contributed by atoms with E-state index in [1.54, 1.807) is 0 Å². The SMILES string of the molecule is Cc1cc(Cl)cc(-c2noc(N)c2-c2ccccc2)c1. The lowest BCUT2D eigenvalue weighted by Gasteiger charge is -2.04. The summed E-state index contributed by atoms with van der Waals surface area (Å²) >= 11 is 6.12. The van der Waals surface area contributed by atoms with Gasteiger partial charge in [-0.25, -0.2) is 0 Å². The molecule has 100 valence electrons. The minimum absolute atomic E-state index is 0.309. The van der Waals surface area contributed by atoms with Crippen molar-refractivity contribution in [3.05, 3.63) is 59.1 Å². The summed E-state index contributed by atoms with van der Waals surface area (Å²) in [5.74, 6) is 0.309. The smallest absolute Gasteiger partial charge is 0.230 e. The van der Waals surface area contributed by atoms with E-state index in [1.165, 1.54) is 0 Å². The zero-order valence-corrected chi connectivity index (χ0v) is 11.7. The van der Waals surface area contributed by atoms with Gasteiger partial charge < -0.3 is 10.3 Å². The Hall–Kier alpha value is -2.26. The molecule has 4 heteroatoms. The van der Waals surface area contributed by atoms with Gasteiger partial charge >= 0.3 is 0 Å². The van der Waals surface area contributed by atoms with Crippen LogP contribution in [0.25, 0.3) is 22.4 Å². The molecule has 3 nitrogen and oxygen atoms in total. The van der Waals surface area contributed by atoms with Crippen LogP contribution in [0.4, 0.5) is 5.88 Å². The van der Waals surface area contributed by atoms with Crippen molar-refractivity contribution in [2.45, 2.75) is 6.92 Å². The minimum atomic E-state index is 0.309. The highest BCUT2D eigenvalue weighted by Crippen LogP contribution is 2.37. The van der Waals surface area contributed by atoms with Crippen LogP contribution in [0.2, 0.25) is 5.02 Å². The van der Waals surface area contributed by atoms with E-state index in [-0.39, 0.29) is 0 Å². The van der Waals surface area contributed by atoms with Crippen molar-refractivity contribution >= 4 is 17.5 Å². The standard InChI is InChI=1S/C16H13ClN2O/c1-10-7-12(9-13(17)8-10)15-14(16(18)20-19-15)11-5-3-2-4-6-11/h2-9H,18H2,1H3. The van der Waals surface area contributed by atoms with Crippen LogP contribution in [0.5, 0.6) is 0 Å². The first-order valence-electron chi connectivity index (χ1n) is 6.23. The number of rotatable bonds is 2. The van der Waals surface area contributed by atoms with E-state index in [0.717, 1.165) is 22.3 Å². The number of halogens is 1. The number of hydrogen-bond acceptors (Lipinski definition) is 3. The third kappa shape index (κ3) is 2.28. The zero-order chi connectivity index (χ0) is 14.1. The molecule has 0 bridgehead atoms. The predicted molar refractivity (Wildman–Crippen MR) is 81.5 cm³/mol. The predicted octanol–water partition coefficient (Wildman–Crippen LogP) is 4.55. The highest BCUT2D eigenvalue weighted by Gasteiger charge is 2.17. The molecule has 0 saturated heterocycles. The molecule has 0 aliphatic carbocycles. The first-order valence-corrected chi connectivity index (χ1v) is 6.61. The van der Waals surface area contributed by atoms with Crippen molar-refractivity contribution < 1.29 is 4.52 Å². The second kappa shape index (κ2) is 5.02. The summed E-state index contributed by atoms with van der Waals surface area (Å²) in [6, 6.07) is 15.6. The summed E-state index contributed by atoms with van der Waals surface area (Å²) in [7, 11) is 0. The highest BCUT2D eigenvalue weighted by atomic mass is 35.5. The van der Waals surface area contributed by atoms with Gasteiger partial charge in [0.1, 0.15) is 5.69 Å². The molecule has 0 spiro atoms. The summed E-state index contributed by atoms with van der Waals surface area (Å²) in [6.07, 6.45) is 0. The van der Waals surface area contributed by atoms with Crippen LogP contribution in [-0.2, 0) is 0 Å². The molecule has 2 aromatic carbocycles. The van der Waals surface area contributed by atoms with Gasteiger partial charge in [0.2, 0.25) is 5.88 Å². The first kappa shape index (κ1) is 12.8. The van der Waals surface area contributed by atoms with E-state index in [2.05, 4.69) is 5.16 Å². The van der Waals surface area contributed by atoms with E-state index in [1.807, 2.05) is 55.5 Å². The second-order valence-corrected chi connectivity index (χ2v) is 5.09. The number of aryl methyl sites for hydroxylation is 1. The molecule has 3 aromatic rings. The van der Waals surface area contributed by atoms with Crippen LogP contribution >= 0.6 is 11.6 Å². The van der Waals surface area contributed by atoms with Crippen LogP contribution in [0.3, 0.4) is 0 Å². The van der Waals surface area contributed by atoms with Crippen molar-refractivity contribution in [1.82, 2.24) is 5.16 Å². The van der Waals surface area contributed by atoms with Crippen LogP contribution < -0.4 is 5.73 Å². The van der Waals surface area contributed by atoms with Gasteiger partial charge in [0.15, 0.2) is 0 Å². The van der Waals surface area contributed by atoms with Crippen molar-refractivity contribution in [2.24, 2.45) is 0 Å². The number of anilines is 1. The zero-order valence-electron chi connectivity index (χ0n) is 10.9. The number of benzene rings is 2. The molecule has 3 rings (SSSR count). The molecule has 0 amide bonds. The van der Waals surface area contributed by atoms with E-state index < -0.39 is 0 Å². The summed E-state index contributed by atoms with van der Waals surface area (Å²) < 4.78 is 5.17. The van der Waals surface area contributed by atoms with Gasteiger partial charge in [-0.1, -0.05) is 47.1 Å². The molecule has 0 saturated carbocycles. The maximum atomic E-state index is 6.12. The second-order valence-electron chi connectivity index (χ2n) is 4.65. The van der Waals surface area contributed by atoms with Crippen LogP contribution in [-0.4, -0.2) is 5.16 Å².